The van der Waals surface area contributed by atoms with E-state index in [1.807, 2.05) is 93.0 Å². The number of aromatic nitrogens is 4. The van der Waals surface area contributed by atoms with Gasteiger partial charge in [-0.15, -0.1) is 71.8 Å². The van der Waals surface area contributed by atoms with Crippen molar-refractivity contribution in [2.75, 3.05) is 0 Å². The molecular weight excluding hydrogens is 585 g/mol. The van der Waals surface area contributed by atoms with Crippen LogP contribution in [-0.2, 0) is 20.1 Å². The maximum Gasteiger partial charge on any atom is 0.0900 e. The first-order chi connectivity index (χ1) is 15.7. The first-order valence-corrected chi connectivity index (χ1v) is 10.3. The van der Waals surface area contributed by atoms with E-state index in [1.54, 1.807) is 12.4 Å². The van der Waals surface area contributed by atoms with Gasteiger partial charge < -0.3 is 9.97 Å². The van der Waals surface area contributed by atoms with E-state index in [1.165, 1.54) is 5.56 Å². The average Bonchev–Trinajstić information content (AvgIpc) is 2.87. The van der Waals surface area contributed by atoms with Gasteiger partial charge in [0, 0.05) is 44.3 Å². The van der Waals surface area contributed by atoms with Gasteiger partial charge in [0.05, 0.1) is 17.6 Å². The molecule has 0 saturated heterocycles. The molecule has 0 spiro atoms. The zero-order valence-electron chi connectivity index (χ0n) is 18.4. The summed E-state index contributed by atoms with van der Waals surface area (Å²) >= 11 is 0. The summed E-state index contributed by atoms with van der Waals surface area (Å²) in [7, 11) is 0. The molecule has 0 amide bonds. The Bertz CT molecular complexity index is 1240. The maximum absolute atomic E-state index is 4.45. The molecule has 2 aromatic carbocycles. The molecule has 3 aromatic heterocycles. The first kappa shape index (κ1) is 24.1. The van der Waals surface area contributed by atoms with E-state index >= 15 is 0 Å². The SMILES string of the molecule is Cc1ccc(-c2[c-]cccc2)nc1.Cc1cnc(-c2ccc(-c3[c-]cccc3)nc2)cn1.[Ir]. The molecular formula is C28H22IrN4-2. The fourth-order valence-electron chi connectivity index (χ4n) is 2.98. The van der Waals surface area contributed by atoms with Crippen LogP contribution in [-0.4, -0.2) is 19.9 Å². The normalized spacial score (nSPS) is 9.88. The van der Waals surface area contributed by atoms with Crippen LogP contribution in [0.3, 0.4) is 0 Å². The Balaban J connectivity index is 0.000000192. The standard InChI is InChI=1S/C16H12N3.C12H10N.Ir/c1-12-9-18-16(11-17-12)14-7-8-15(19-10-14)13-5-3-2-4-6-13;1-10-7-8-12(13-9-10)11-5-3-2-4-6-11;/h2-5,7-11H,1H3;2-5,7-9H,1H3;/q2*-1;. The van der Waals surface area contributed by atoms with E-state index in [9.17, 15) is 0 Å². The van der Waals surface area contributed by atoms with Gasteiger partial charge in [-0.05, 0) is 30.8 Å². The molecule has 0 fully saturated rings. The van der Waals surface area contributed by atoms with Gasteiger partial charge in [0.15, 0.2) is 0 Å². The monoisotopic (exact) mass is 607 g/mol. The zero-order valence-corrected chi connectivity index (χ0v) is 20.8. The Hall–Kier alpha value is -3.53. The van der Waals surface area contributed by atoms with Crippen molar-refractivity contribution in [1.82, 2.24) is 19.9 Å². The van der Waals surface area contributed by atoms with Crippen LogP contribution in [0.2, 0.25) is 0 Å². The van der Waals surface area contributed by atoms with Crippen molar-refractivity contribution < 1.29 is 20.1 Å². The smallest absolute Gasteiger partial charge is 0.0900 e. The molecule has 165 valence electrons. The third-order valence-corrected chi connectivity index (χ3v) is 4.72. The number of hydrogen-bond acceptors (Lipinski definition) is 4. The third kappa shape index (κ3) is 6.72. The van der Waals surface area contributed by atoms with Crippen LogP contribution in [0.1, 0.15) is 11.3 Å². The minimum absolute atomic E-state index is 0. The number of hydrogen-bond donors (Lipinski definition) is 0. The van der Waals surface area contributed by atoms with Gasteiger partial charge in [-0.25, -0.2) is 0 Å². The summed E-state index contributed by atoms with van der Waals surface area (Å²) in [5, 5.41) is 0. The number of nitrogens with zero attached hydrogens (tertiary/aromatic N) is 4. The van der Waals surface area contributed by atoms with Gasteiger partial charge in [0.1, 0.15) is 0 Å². The molecule has 0 unspecified atom stereocenters. The summed E-state index contributed by atoms with van der Waals surface area (Å²) in [4.78, 5) is 17.3. The number of rotatable bonds is 3. The minimum atomic E-state index is 0. The molecule has 1 radical (unpaired) electrons. The van der Waals surface area contributed by atoms with Gasteiger partial charge in [0.25, 0.3) is 0 Å². The van der Waals surface area contributed by atoms with Gasteiger partial charge >= 0.3 is 0 Å². The fourth-order valence-corrected chi connectivity index (χ4v) is 2.98. The van der Waals surface area contributed by atoms with E-state index in [-0.39, 0.29) is 20.1 Å². The molecule has 0 saturated carbocycles. The van der Waals surface area contributed by atoms with Gasteiger partial charge in [-0.2, -0.15) is 0 Å². The minimum Gasteiger partial charge on any atom is -0.304 e. The van der Waals surface area contributed by atoms with Crippen LogP contribution < -0.4 is 0 Å². The Morgan fingerprint density at radius 2 is 1.15 bits per heavy atom. The van der Waals surface area contributed by atoms with E-state index in [0.29, 0.717) is 0 Å². The number of aryl methyl sites for hydroxylation is 2. The predicted molar refractivity (Wildman–Crippen MR) is 128 cm³/mol. The van der Waals surface area contributed by atoms with Crippen LogP contribution in [0.5, 0.6) is 0 Å². The van der Waals surface area contributed by atoms with Crippen LogP contribution in [0.25, 0.3) is 33.8 Å². The van der Waals surface area contributed by atoms with Gasteiger partial charge in [-0.3, -0.25) is 9.97 Å². The van der Waals surface area contributed by atoms with Crippen LogP contribution in [0, 0.1) is 26.0 Å². The molecule has 33 heavy (non-hydrogen) atoms. The molecule has 0 atom stereocenters. The Labute approximate surface area is 208 Å². The summed E-state index contributed by atoms with van der Waals surface area (Å²) in [6.07, 6.45) is 7.21. The van der Waals surface area contributed by atoms with Crippen molar-refractivity contribution in [3.05, 3.63) is 121 Å². The second kappa shape index (κ2) is 11.9. The summed E-state index contributed by atoms with van der Waals surface area (Å²) in [6, 6.07) is 30.0. The summed E-state index contributed by atoms with van der Waals surface area (Å²) in [5.41, 5.74) is 7.81. The third-order valence-electron chi connectivity index (χ3n) is 4.72. The molecule has 0 bridgehead atoms. The molecule has 5 aromatic rings. The van der Waals surface area contributed by atoms with Crippen LogP contribution >= 0.6 is 0 Å². The predicted octanol–water partition coefficient (Wildman–Crippen LogP) is 6.17. The van der Waals surface area contributed by atoms with Crippen molar-refractivity contribution in [2.24, 2.45) is 0 Å². The topological polar surface area (TPSA) is 51.6 Å². The van der Waals surface area contributed by atoms with Gasteiger partial charge in [0.2, 0.25) is 0 Å². The Kier molecular flexibility index (Phi) is 8.70. The van der Waals surface area contributed by atoms with Crippen LogP contribution in [0.4, 0.5) is 0 Å². The van der Waals surface area contributed by atoms with E-state index in [2.05, 4.69) is 38.1 Å². The molecule has 0 aliphatic rings. The maximum atomic E-state index is 4.45. The van der Waals surface area contributed by atoms with Gasteiger partial charge in [-0.1, -0.05) is 24.3 Å². The summed E-state index contributed by atoms with van der Waals surface area (Å²) < 4.78 is 0. The van der Waals surface area contributed by atoms with Crippen molar-refractivity contribution in [2.45, 2.75) is 13.8 Å². The molecule has 0 aliphatic carbocycles. The van der Waals surface area contributed by atoms with E-state index < -0.39 is 0 Å². The van der Waals surface area contributed by atoms with Crippen molar-refractivity contribution in [3.8, 4) is 33.8 Å². The Morgan fingerprint density at radius 1 is 0.545 bits per heavy atom. The average molecular weight is 607 g/mol. The quantitative estimate of drug-likeness (QED) is 0.231. The first-order valence-electron chi connectivity index (χ1n) is 10.3. The van der Waals surface area contributed by atoms with E-state index in [0.717, 1.165) is 39.5 Å². The summed E-state index contributed by atoms with van der Waals surface area (Å²) in [6.45, 7) is 3.95. The van der Waals surface area contributed by atoms with Crippen molar-refractivity contribution in [3.63, 3.8) is 0 Å². The Morgan fingerprint density at radius 3 is 1.61 bits per heavy atom. The summed E-state index contributed by atoms with van der Waals surface area (Å²) in [5.74, 6) is 0. The molecule has 0 N–H and O–H groups in total. The largest absolute Gasteiger partial charge is 0.304 e. The van der Waals surface area contributed by atoms with Crippen molar-refractivity contribution >= 4 is 0 Å². The fraction of sp³-hybridized carbons (Fsp3) is 0.0714. The second-order valence-corrected chi connectivity index (χ2v) is 7.25. The second-order valence-electron chi connectivity index (χ2n) is 7.25. The van der Waals surface area contributed by atoms with Crippen molar-refractivity contribution in [1.29, 1.82) is 0 Å². The number of benzene rings is 2. The molecule has 3 heterocycles. The number of pyridine rings is 2. The zero-order chi connectivity index (χ0) is 22.2. The molecule has 0 aliphatic heterocycles. The van der Waals surface area contributed by atoms with E-state index in [4.69, 9.17) is 0 Å². The molecule has 5 rings (SSSR count). The van der Waals surface area contributed by atoms with Crippen LogP contribution in [0.15, 0.2) is 97.6 Å². The molecule has 4 nitrogen and oxygen atoms in total. The molecule has 5 heteroatoms.